The fourth-order valence-electron chi connectivity index (χ4n) is 1.71. The molecule has 0 saturated carbocycles. The molecule has 2 rings (SSSR count). The first-order chi connectivity index (χ1) is 11.3. The molecule has 0 fully saturated rings. The Labute approximate surface area is 146 Å². The summed E-state index contributed by atoms with van der Waals surface area (Å²) in [7, 11) is 0. The van der Waals surface area contributed by atoms with Crippen molar-refractivity contribution in [2.75, 3.05) is 0 Å². The van der Waals surface area contributed by atoms with Gasteiger partial charge in [-0.1, -0.05) is 24.3 Å². The van der Waals surface area contributed by atoms with Crippen LogP contribution in [0.25, 0.3) is 0 Å². The molecular weight excluding hydrogens is 348 g/mol. The lowest BCUT2D eigenvalue weighted by atomic mass is 10.1. The minimum atomic E-state index is -1.23. The minimum absolute atomic E-state index is 0. The third-order valence-corrected chi connectivity index (χ3v) is 2.78. The van der Waals surface area contributed by atoms with E-state index in [9.17, 15) is 19.2 Å². The molecule has 2 aromatic carbocycles. The predicted octanol–water partition coefficient (Wildman–Crippen LogP) is 1.79. The highest BCUT2D eigenvalue weighted by atomic mass is 28.1. The molecule has 4 N–H and O–H groups in total. The molecule has 0 aliphatic heterocycles. The molecule has 0 unspecified atom stereocenters. The number of aromatic carboxylic acids is 4. The lowest BCUT2D eigenvalue weighted by Gasteiger charge is -1.98. The zero-order valence-electron chi connectivity index (χ0n) is 12.5. The second-order valence-electron chi connectivity index (χ2n) is 4.31. The van der Waals surface area contributed by atoms with Crippen molar-refractivity contribution in [3.8, 4) is 0 Å². The Morgan fingerprint density at radius 1 is 0.480 bits per heavy atom. The fraction of sp³-hybridized carbons (Fsp3) is 0. The summed E-state index contributed by atoms with van der Waals surface area (Å²) in [6.45, 7) is 0. The van der Waals surface area contributed by atoms with E-state index in [1.54, 1.807) is 0 Å². The Bertz CT molecular complexity index is 667. The van der Waals surface area contributed by atoms with Crippen LogP contribution in [0.5, 0.6) is 0 Å². The molecule has 0 aliphatic carbocycles. The van der Waals surface area contributed by atoms with E-state index in [0.717, 1.165) is 0 Å². The van der Waals surface area contributed by atoms with Gasteiger partial charge >= 0.3 is 23.9 Å². The van der Waals surface area contributed by atoms with Gasteiger partial charge in [0.25, 0.3) is 0 Å². The van der Waals surface area contributed by atoms with E-state index in [1.165, 1.54) is 48.5 Å². The van der Waals surface area contributed by atoms with E-state index in [0.29, 0.717) is 0 Å². The number of carboxylic acid groups (broad SMARTS) is 4. The summed E-state index contributed by atoms with van der Waals surface area (Å²) >= 11 is 0. The van der Waals surface area contributed by atoms with E-state index in [4.69, 9.17) is 20.4 Å². The van der Waals surface area contributed by atoms with Gasteiger partial charge in [-0.3, -0.25) is 0 Å². The molecule has 0 aromatic heterocycles. The van der Waals surface area contributed by atoms with Crippen molar-refractivity contribution < 1.29 is 39.6 Å². The number of hydrogen-bond acceptors (Lipinski definition) is 4. The topological polar surface area (TPSA) is 149 Å². The highest BCUT2D eigenvalue weighted by Crippen LogP contribution is 2.08. The van der Waals surface area contributed by atoms with E-state index >= 15 is 0 Å². The van der Waals surface area contributed by atoms with Gasteiger partial charge in [0.1, 0.15) is 0 Å². The standard InChI is InChI=1S/2C8H6O4.Si/c2*9-7(10)5-3-1-2-4-6(5)8(11)12;/h2*1-4H,(H,9,10)(H,11,12);. The smallest absolute Gasteiger partial charge is 0.336 e. The lowest BCUT2D eigenvalue weighted by molar-refractivity contribution is 0.0651. The first-order valence-corrected chi connectivity index (χ1v) is 6.37. The first kappa shape index (κ1) is 21.5. The normalized spacial score (nSPS) is 8.96. The lowest BCUT2D eigenvalue weighted by Crippen LogP contribution is -2.06. The summed E-state index contributed by atoms with van der Waals surface area (Å²) in [6, 6.07) is 11.0. The largest absolute Gasteiger partial charge is 0.478 e. The summed E-state index contributed by atoms with van der Waals surface area (Å²) in [5.41, 5.74) is -0.759. The van der Waals surface area contributed by atoms with E-state index in [-0.39, 0.29) is 33.2 Å². The van der Waals surface area contributed by atoms with Gasteiger partial charge in [0, 0.05) is 11.0 Å². The van der Waals surface area contributed by atoms with Crippen LogP contribution in [-0.2, 0) is 0 Å². The van der Waals surface area contributed by atoms with Crippen molar-refractivity contribution in [1.29, 1.82) is 0 Å². The molecule has 0 saturated heterocycles. The van der Waals surface area contributed by atoms with Crippen LogP contribution >= 0.6 is 0 Å². The summed E-state index contributed by atoms with van der Waals surface area (Å²) < 4.78 is 0. The summed E-state index contributed by atoms with van der Waals surface area (Å²) in [5, 5.41) is 34.2. The van der Waals surface area contributed by atoms with Crippen molar-refractivity contribution in [2.24, 2.45) is 0 Å². The van der Waals surface area contributed by atoms with Crippen molar-refractivity contribution >= 4 is 34.8 Å². The van der Waals surface area contributed by atoms with Gasteiger partial charge in [0.2, 0.25) is 0 Å². The quantitative estimate of drug-likeness (QED) is 0.603. The highest BCUT2D eigenvalue weighted by molar-refractivity contribution is 6.02. The molecule has 8 nitrogen and oxygen atoms in total. The average molecular weight is 360 g/mol. The molecule has 0 atom stereocenters. The first-order valence-electron chi connectivity index (χ1n) is 6.37. The molecule has 0 amide bonds. The van der Waals surface area contributed by atoms with Gasteiger partial charge in [-0.2, -0.15) is 0 Å². The van der Waals surface area contributed by atoms with Crippen molar-refractivity contribution in [3.63, 3.8) is 0 Å². The van der Waals surface area contributed by atoms with Crippen LogP contribution in [0.4, 0.5) is 0 Å². The van der Waals surface area contributed by atoms with Gasteiger partial charge in [-0.15, -0.1) is 0 Å². The van der Waals surface area contributed by atoms with Gasteiger partial charge < -0.3 is 20.4 Å². The Kier molecular flexibility index (Phi) is 8.29. The second kappa shape index (κ2) is 9.63. The maximum absolute atomic E-state index is 10.5. The Balaban J connectivity index is 0.000000443. The summed E-state index contributed by atoms with van der Waals surface area (Å²) in [5.74, 6) is -4.91. The monoisotopic (exact) mass is 360 g/mol. The van der Waals surface area contributed by atoms with Crippen LogP contribution in [0.15, 0.2) is 48.5 Å². The van der Waals surface area contributed by atoms with E-state index in [2.05, 4.69) is 0 Å². The van der Waals surface area contributed by atoms with Crippen molar-refractivity contribution in [3.05, 3.63) is 70.8 Å². The predicted molar refractivity (Wildman–Crippen MR) is 86.5 cm³/mol. The molecule has 25 heavy (non-hydrogen) atoms. The average Bonchev–Trinajstić information content (AvgIpc) is 2.55. The zero-order valence-corrected chi connectivity index (χ0v) is 13.5. The molecule has 9 heteroatoms. The number of carboxylic acids is 4. The van der Waals surface area contributed by atoms with Crippen LogP contribution in [0.2, 0.25) is 0 Å². The van der Waals surface area contributed by atoms with Gasteiger partial charge in [-0.25, -0.2) is 19.2 Å². The molecule has 0 heterocycles. The van der Waals surface area contributed by atoms with Crippen LogP contribution in [0, 0.1) is 0 Å². The molecule has 2 aromatic rings. The van der Waals surface area contributed by atoms with Gasteiger partial charge in [0.05, 0.1) is 22.3 Å². The molecule has 0 spiro atoms. The van der Waals surface area contributed by atoms with Crippen LogP contribution in [-0.4, -0.2) is 55.3 Å². The SMILES string of the molecule is O=C(O)c1ccccc1C(=O)O.O=C(O)c1ccccc1C(=O)O.[Si]. The van der Waals surface area contributed by atoms with Crippen molar-refractivity contribution in [1.82, 2.24) is 0 Å². The molecule has 4 radical (unpaired) electrons. The Morgan fingerprint density at radius 2 is 0.640 bits per heavy atom. The molecular formula is C16H12O8Si. The maximum atomic E-state index is 10.5. The van der Waals surface area contributed by atoms with Crippen molar-refractivity contribution in [2.45, 2.75) is 0 Å². The van der Waals surface area contributed by atoms with Gasteiger partial charge in [0.15, 0.2) is 0 Å². The number of rotatable bonds is 4. The van der Waals surface area contributed by atoms with E-state index in [1.807, 2.05) is 0 Å². The van der Waals surface area contributed by atoms with Crippen LogP contribution in [0.1, 0.15) is 41.4 Å². The van der Waals surface area contributed by atoms with Crippen LogP contribution in [0.3, 0.4) is 0 Å². The Hall–Kier alpha value is -3.46. The minimum Gasteiger partial charge on any atom is -0.478 e. The third kappa shape index (κ3) is 5.92. The highest BCUT2D eigenvalue weighted by Gasteiger charge is 2.14. The summed E-state index contributed by atoms with van der Waals surface area (Å²) in [4.78, 5) is 41.9. The number of carbonyl (C=O) groups is 4. The number of hydrogen-bond donors (Lipinski definition) is 4. The van der Waals surface area contributed by atoms with Gasteiger partial charge in [-0.05, 0) is 24.3 Å². The molecule has 128 valence electrons. The maximum Gasteiger partial charge on any atom is 0.336 e. The fourth-order valence-corrected chi connectivity index (χ4v) is 1.71. The second-order valence-corrected chi connectivity index (χ2v) is 4.31. The van der Waals surface area contributed by atoms with Crippen LogP contribution < -0.4 is 0 Å². The molecule has 0 bridgehead atoms. The molecule has 0 aliphatic rings. The Morgan fingerprint density at radius 3 is 0.760 bits per heavy atom. The zero-order chi connectivity index (χ0) is 18.3. The van der Waals surface area contributed by atoms with E-state index < -0.39 is 23.9 Å². The third-order valence-electron chi connectivity index (χ3n) is 2.78. The summed E-state index contributed by atoms with van der Waals surface area (Å²) in [6.07, 6.45) is 0. The number of benzene rings is 2.